The third-order valence-electron chi connectivity index (χ3n) is 3.94. The van der Waals surface area contributed by atoms with Gasteiger partial charge in [0.25, 0.3) is 0 Å². The molecule has 4 nitrogen and oxygen atoms in total. The summed E-state index contributed by atoms with van der Waals surface area (Å²) in [6, 6.07) is 6.31. The van der Waals surface area contributed by atoms with Crippen molar-refractivity contribution in [2.75, 3.05) is 13.8 Å². The Morgan fingerprint density at radius 2 is 2.26 bits per heavy atom. The van der Waals surface area contributed by atoms with E-state index in [2.05, 4.69) is 6.07 Å². The zero-order chi connectivity index (χ0) is 13.4. The first-order chi connectivity index (χ1) is 9.22. The topological polar surface area (TPSA) is 38.8 Å². The Balaban J connectivity index is 1.73. The zero-order valence-electron chi connectivity index (χ0n) is 11.4. The molecule has 1 aromatic carbocycles. The van der Waals surface area contributed by atoms with Crippen molar-refractivity contribution >= 4 is 5.91 Å². The minimum absolute atomic E-state index is 0.236. The molecule has 1 aliphatic carbocycles. The van der Waals surface area contributed by atoms with Crippen LogP contribution in [0.1, 0.15) is 37.7 Å². The van der Waals surface area contributed by atoms with E-state index in [9.17, 15) is 4.79 Å². The molecular formula is C15H19NO3. The Bertz CT molecular complexity index is 500. The van der Waals surface area contributed by atoms with Crippen molar-refractivity contribution < 1.29 is 14.3 Å². The second-order valence-corrected chi connectivity index (χ2v) is 5.25. The summed E-state index contributed by atoms with van der Waals surface area (Å²) >= 11 is 0. The molecule has 2 unspecified atom stereocenters. The summed E-state index contributed by atoms with van der Waals surface area (Å²) in [6.45, 7) is 2.33. The normalized spacial score (nSPS) is 23.3. The number of amides is 1. The summed E-state index contributed by atoms with van der Waals surface area (Å²) in [7, 11) is 1.91. The smallest absolute Gasteiger partial charge is 0.231 e. The molecule has 19 heavy (non-hydrogen) atoms. The number of carbonyl (C=O) groups excluding carboxylic acids is 1. The average Bonchev–Trinajstić information content (AvgIpc) is 3.06. The van der Waals surface area contributed by atoms with Gasteiger partial charge in [-0.15, -0.1) is 0 Å². The van der Waals surface area contributed by atoms with Crippen LogP contribution in [0.2, 0.25) is 0 Å². The lowest BCUT2D eigenvalue weighted by molar-refractivity contribution is -0.130. The number of fused-ring (bicyclic) bond motifs is 1. The van der Waals surface area contributed by atoms with Gasteiger partial charge in [0.1, 0.15) is 0 Å². The van der Waals surface area contributed by atoms with Gasteiger partial charge in [-0.05, 0) is 18.9 Å². The van der Waals surface area contributed by atoms with Crippen LogP contribution < -0.4 is 9.47 Å². The molecule has 1 amide bonds. The molecule has 0 N–H and O–H groups in total. The van der Waals surface area contributed by atoms with Crippen LogP contribution in [0.4, 0.5) is 0 Å². The van der Waals surface area contributed by atoms with Crippen molar-refractivity contribution in [1.82, 2.24) is 4.90 Å². The maximum atomic E-state index is 11.9. The molecule has 0 bridgehead atoms. The van der Waals surface area contributed by atoms with E-state index >= 15 is 0 Å². The predicted molar refractivity (Wildman–Crippen MR) is 71.4 cm³/mol. The van der Waals surface area contributed by atoms with Gasteiger partial charge in [0.2, 0.25) is 12.7 Å². The molecule has 1 aromatic rings. The van der Waals surface area contributed by atoms with Crippen LogP contribution >= 0.6 is 0 Å². The van der Waals surface area contributed by atoms with E-state index in [1.54, 1.807) is 0 Å². The summed E-state index contributed by atoms with van der Waals surface area (Å²) in [4.78, 5) is 13.8. The number of nitrogens with zero attached hydrogens (tertiary/aromatic N) is 1. The van der Waals surface area contributed by atoms with E-state index in [0.717, 1.165) is 24.3 Å². The Labute approximate surface area is 113 Å². The Hall–Kier alpha value is -1.71. The fourth-order valence-corrected chi connectivity index (χ4v) is 2.76. The van der Waals surface area contributed by atoms with Crippen LogP contribution in [-0.4, -0.2) is 30.7 Å². The van der Waals surface area contributed by atoms with Crippen molar-refractivity contribution in [3.63, 3.8) is 0 Å². The van der Waals surface area contributed by atoms with Gasteiger partial charge >= 0.3 is 0 Å². The molecule has 4 heteroatoms. The van der Waals surface area contributed by atoms with E-state index in [1.807, 2.05) is 31.0 Å². The van der Waals surface area contributed by atoms with Gasteiger partial charge in [-0.25, -0.2) is 0 Å². The number of carbonyl (C=O) groups is 1. The van der Waals surface area contributed by atoms with Crippen LogP contribution in [0.25, 0.3) is 0 Å². The molecule has 0 spiro atoms. The Morgan fingerprint density at radius 1 is 1.42 bits per heavy atom. The van der Waals surface area contributed by atoms with Crippen molar-refractivity contribution in [1.29, 1.82) is 0 Å². The molecule has 1 fully saturated rings. The monoisotopic (exact) mass is 261 g/mol. The average molecular weight is 261 g/mol. The largest absolute Gasteiger partial charge is 0.454 e. The quantitative estimate of drug-likeness (QED) is 0.836. The number of likely N-dealkylation sites (N-methyl/N-ethyl adjacent to an activating group) is 1. The molecule has 102 valence electrons. The fraction of sp³-hybridized carbons (Fsp3) is 0.533. The number of hydrogen-bond acceptors (Lipinski definition) is 3. The fourth-order valence-electron chi connectivity index (χ4n) is 2.76. The minimum atomic E-state index is 0.236. The van der Waals surface area contributed by atoms with Gasteiger partial charge in [0.05, 0.1) is 0 Å². The molecule has 0 aromatic heterocycles. The third kappa shape index (κ3) is 2.15. The van der Waals surface area contributed by atoms with Crippen LogP contribution in [0.3, 0.4) is 0 Å². The summed E-state index contributed by atoms with van der Waals surface area (Å²) in [6.07, 6.45) is 2.55. The maximum absolute atomic E-state index is 11.9. The summed E-state index contributed by atoms with van der Waals surface area (Å²) in [5.74, 6) is 2.32. The molecule has 3 rings (SSSR count). The molecule has 0 radical (unpaired) electrons. The highest BCUT2D eigenvalue weighted by atomic mass is 16.7. The summed E-state index contributed by atoms with van der Waals surface area (Å²) in [5, 5.41) is 0. The van der Waals surface area contributed by atoms with Crippen molar-refractivity contribution in [3.8, 4) is 11.5 Å². The molecule has 1 aliphatic heterocycles. The zero-order valence-corrected chi connectivity index (χ0v) is 11.4. The number of ether oxygens (including phenoxy) is 2. The number of hydrogen-bond donors (Lipinski definition) is 0. The molecule has 1 saturated carbocycles. The highest BCUT2D eigenvalue weighted by Gasteiger charge is 2.45. The standard InChI is InChI=1S/C15H19NO3/c1-3-5-14(17)16(2)12-8-11(12)10-6-4-7-13-15(10)19-9-18-13/h4,6-7,11-12H,3,5,8-9H2,1-2H3. The maximum Gasteiger partial charge on any atom is 0.231 e. The van der Waals surface area contributed by atoms with E-state index in [1.165, 1.54) is 5.56 Å². The van der Waals surface area contributed by atoms with Gasteiger partial charge in [-0.1, -0.05) is 19.1 Å². The van der Waals surface area contributed by atoms with Gasteiger partial charge in [-0.2, -0.15) is 0 Å². The SMILES string of the molecule is CCCC(=O)N(C)C1CC1c1cccc2c1OCO2. The van der Waals surface area contributed by atoms with E-state index in [0.29, 0.717) is 25.2 Å². The Morgan fingerprint density at radius 3 is 3.05 bits per heavy atom. The van der Waals surface area contributed by atoms with E-state index < -0.39 is 0 Å². The molecule has 1 heterocycles. The lowest BCUT2D eigenvalue weighted by Crippen LogP contribution is -2.29. The van der Waals surface area contributed by atoms with Crippen molar-refractivity contribution in [2.45, 2.75) is 38.1 Å². The lowest BCUT2D eigenvalue weighted by Gasteiger charge is -2.17. The summed E-state index contributed by atoms with van der Waals surface area (Å²) in [5.41, 5.74) is 1.18. The van der Waals surface area contributed by atoms with E-state index in [4.69, 9.17) is 9.47 Å². The molecule has 2 atom stereocenters. The highest BCUT2D eigenvalue weighted by molar-refractivity contribution is 5.77. The second-order valence-electron chi connectivity index (χ2n) is 5.25. The third-order valence-corrected chi connectivity index (χ3v) is 3.94. The molecule has 0 saturated heterocycles. The van der Waals surface area contributed by atoms with E-state index in [-0.39, 0.29) is 5.91 Å². The highest BCUT2D eigenvalue weighted by Crippen LogP contribution is 2.51. The van der Waals surface area contributed by atoms with Gasteiger partial charge < -0.3 is 14.4 Å². The van der Waals surface area contributed by atoms with Crippen LogP contribution in [0, 0.1) is 0 Å². The number of benzene rings is 1. The lowest BCUT2D eigenvalue weighted by atomic mass is 10.1. The predicted octanol–water partition coefficient (Wildman–Crippen LogP) is 2.53. The number of para-hydroxylation sites is 1. The van der Waals surface area contributed by atoms with Gasteiger partial charge in [0.15, 0.2) is 11.5 Å². The van der Waals surface area contributed by atoms with Crippen LogP contribution in [0.15, 0.2) is 18.2 Å². The number of rotatable bonds is 4. The van der Waals surface area contributed by atoms with Crippen LogP contribution in [0.5, 0.6) is 11.5 Å². The molecular weight excluding hydrogens is 242 g/mol. The first kappa shape index (κ1) is 12.3. The molecule has 2 aliphatic rings. The first-order valence-corrected chi connectivity index (χ1v) is 6.86. The van der Waals surface area contributed by atoms with Gasteiger partial charge in [0, 0.05) is 31.0 Å². The van der Waals surface area contributed by atoms with Crippen LogP contribution in [-0.2, 0) is 4.79 Å². The first-order valence-electron chi connectivity index (χ1n) is 6.86. The summed E-state index contributed by atoms with van der Waals surface area (Å²) < 4.78 is 10.9. The van der Waals surface area contributed by atoms with Crippen molar-refractivity contribution in [2.24, 2.45) is 0 Å². The van der Waals surface area contributed by atoms with Crippen molar-refractivity contribution in [3.05, 3.63) is 23.8 Å². The Kier molecular flexibility index (Phi) is 3.09. The second kappa shape index (κ2) is 4.76. The van der Waals surface area contributed by atoms with Gasteiger partial charge in [-0.3, -0.25) is 4.79 Å². The minimum Gasteiger partial charge on any atom is -0.454 e.